The molecule has 19 heavy (non-hydrogen) atoms. The number of rotatable bonds is 3. The molecule has 1 aromatic rings. The molecule has 1 saturated heterocycles. The van der Waals surface area contributed by atoms with Crippen LogP contribution >= 0.6 is 0 Å². The first-order chi connectivity index (χ1) is 9.22. The summed E-state index contributed by atoms with van der Waals surface area (Å²) in [6.45, 7) is 6.46. The summed E-state index contributed by atoms with van der Waals surface area (Å²) in [6.07, 6.45) is 3.24. The maximum atomic E-state index is 12.1. The van der Waals surface area contributed by atoms with Crippen molar-refractivity contribution in [2.24, 2.45) is 5.92 Å². The standard InChI is InChI=1S/C14H21N3O2/c1-11-9-13(15-19-11)10-16-5-2-6-17(8-7-16)14(18)12-3-4-12/h9,12H,2-8,10H2,1H3. The number of carbonyl (C=O) groups excluding carboxylic acids is 1. The second-order valence-corrected chi connectivity index (χ2v) is 5.66. The van der Waals surface area contributed by atoms with Crippen LogP contribution in [0.4, 0.5) is 0 Å². The van der Waals surface area contributed by atoms with Gasteiger partial charge in [-0.2, -0.15) is 0 Å². The molecule has 0 spiro atoms. The normalized spacial score (nSPS) is 21.4. The van der Waals surface area contributed by atoms with E-state index in [-0.39, 0.29) is 0 Å². The Bertz CT molecular complexity index is 453. The van der Waals surface area contributed by atoms with Crippen LogP contribution in [0.25, 0.3) is 0 Å². The molecule has 1 aliphatic carbocycles. The van der Waals surface area contributed by atoms with Crippen LogP contribution in [0.2, 0.25) is 0 Å². The van der Waals surface area contributed by atoms with E-state index in [0.717, 1.165) is 63.4 Å². The quantitative estimate of drug-likeness (QED) is 0.827. The molecular formula is C14H21N3O2. The molecule has 5 nitrogen and oxygen atoms in total. The summed E-state index contributed by atoms with van der Waals surface area (Å²) in [5, 5.41) is 4.04. The second kappa shape index (κ2) is 5.33. The second-order valence-electron chi connectivity index (χ2n) is 5.66. The maximum Gasteiger partial charge on any atom is 0.225 e. The summed E-state index contributed by atoms with van der Waals surface area (Å²) in [5.41, 5.74) is 0.986. The van der Waals surface area contributed by atoms with Gasteiger partial charge in [0, 0.05) is 44.7 Å². The fourth-order valence-electron chi connectivity index (χ4n) is 2.66. The first-order valence-corrected chi connectivity index (χ1v) is 7.16. The van der Waals surface area contributed by atoms with Crippen LogP contribution in [0.3, 0.4) is 0 Å². The largest absolute Gasteiger partial charge is 0.361 e. The van der Waals surface area contributed by atoms with Gasteiger partial charge in [-0.1, -0.05) is 5.16 Å². The third-order valence-electron chi connectivity index (χ3n) is 3.89. The van der Waals surface area contributed by atoms with Gasteiger partial charge in [0.2, 0.25) is 5.91 Å². The Morgan fingerprint density at radius 1 is 1.37 bits per heavy atom. The lowest BCUT2D eigenvalue weighted by Crippen LogP contribution is -2.36. The Kier molecular flexibility index (Phi) is 3.55. The molecule has 1 saturated carbocycles. The van der Waals surface area contributed by atoms with Crippen molar-refractivity contribution < 1.29 is 9.32 Å². The fraction of sp³-hybridized carbons (Fsp3) is 0.714. The van der Waals surface area contributed by atoms with Gasteiger partial charge in [0.05, 0.1) is 5.69 Å². The molecule has 1 aliphatic heterocycles. The van der Waals surface area contributed by atoms with Crippen LogP contribution in [0.5, 0.6) is 0 Å². The molecule has 2 aliphatic rings. The monoisotopic (exact) mass is 263 g/mol. The lowest BCUT2D eigenvalue weighted by molar-refractivity contribution is -0.132. The van der Waals surface area contributed by atoms with Gasteiger partial charge in [-0.15, -0.1) is 0 Å². The van der Waals surface area contributed by atoms with Gasteiger partial charge in [0.1, 0.15) is 5.76 Å². The first-order valence-electron chi connectivity index (χ1n) is 7.16. The number of carbonyl (C=O) groups is 1. The van der Waals surface area contributed by atoms with E-state index in [0.29, 0.717) is 11.8 Å². The number of hydrogen-bond donors (Lipinski definition) is 0. The van der Waals surface area contributed by atoms with Crippen LogP contribution < -0.4 is 0 Å². The van der Waals surface area contributed by atoms with Gasteiger partial charge in [0.15, 0.2) is 0 Å². The highest BCUT2D eigenvalue weighted by Gasteiger charge is 2.33. The van der Waals surface area contributed by atoms with Crippen molar-refractivity contribution in [3.8, 4) is 0 Å². The van der Waals surface area contributed by atoms with Gasteiger partial charge < -0.3 is 9.42 Å². The molecule has 0 bridgehead atoms. The molecule has 1 amide bonds. The van der Waals surface area contributed by atoms with Gasteiger partial charge in [-0.05, 0) is 26.2 Å². The van der Waals surface area contributed by atoms with Crippen LogP contribution in [-0.2, 0) is 11.3 Å². The van der Waals surface area contributed by atoms with Crippen LogP contribution in [0.15, 0.2) is 10.6 Å². The summed E-state index contributed by atoms with van der Waals surface area (Å²) in [5.74, 6) is 1.57. The summed E-state index contributed by atoms with van der Waals surface area (Å²) >= 11 is 0. The lowest BCUT2D eigenvalue weighted by Gasteiger charge is -2.21. The SMILES string of the molecule is Cc1cc(CN2CCCN(C(=O)C3CC3)CC2)no1. The Hall–Kier alpha value is -1.36. The number of aryl methyl sites for hydroxylation is 1. The number of nitrogens with zero attached hydrogens (tertiary/aromatic N) is 3. The molecular weight excluding hydrogens is 242 g/mol. The van der Waals surface area contributed by atoms with E-state index < -0.39 is 0 Å². The number of amides is 1. The topological polar surface area (TPSA) is 49.6 Å². The van der Waals surface area contributed by atoms with Crippen LogP contribution in [0.1, 0.15) is 30.7 Å². The molecule has 2 fully saturated rings. The highest BCUT2D eigenvalue weighted by atomic mass is 16.5. The Morgan fingerprint density at radius 3 is 2.89 bits per heavy atom. The maximum absolute atomic E-state index is 12.1. The molecule has 1 aromatic heterocycles. The van der Waals surface area contributed by atoms with Crippen molar-refractivity contribution in [3.63, 3.8) is 0 Å². The molecule has 0 atom stereocenters. The van der Waals surface area contributed by atoms with E-state index in [1.165, 1.54) is 0 Å². The molecule has 0 unspecified atom stereocenters. The highest BCUT2D eigenvalue weighted by molar-refractivity contribution is 5.81. The minimum Gasteiger partial charge on any atom is -0.361 e. The van der Waals surface area contributed by atoms with Crippen molar-refractivity contribution in [3.05, 3.63) is 17.5 Å². The summed E-state index contributed by atoms with van der Waals surface area (Å²) in [4.78, 5) is 16.5. The van der Waals surface area contributed by atoms with Crippen molar-refractivity contribution in [2.45, 2.75) is 32.7 Å². The zero-order valence-electron chi connectivity index (χ0n) is 11.5. The van der Waals surface area contributed by atoms with Crippen molar-refractivity contribution >= 4 is 5.91 Å². The van der Waals surface area contributed by atoms with E-state index in [1.54, 1.807) is 0 Å². The molecule has 0 radical (unpaired) electrons. The van der Waals surface area contributed by atoms with Gasteiger partial charge in [0.25, 0.3) is 0 Å². The molecule has 0 aromatic carbocycles. The average Bonchev–Trinajstić information content (AvgIpc) is 3.18. The predicted octanol–water partition coefficient (Wildman–Crippen LogP) is 1.43. The minimum atomic E-state index is 0.338. The molecule has 5 heteroatoms. The van der Waals surface area contributed by atoms with E-state index >= 15 is 0 Å². The highest BCUT2D eigenvalue weighted by Crippen LogP contribution is 2.31. The average molecular weight is 263 g/mol. The summed E-state index contributed by atoms with van der Waals surface area (Å²) in [7, 11) is 0. The first kappa shape index (κ1) is 12.7. The van der Waals surface area contributed by atoms with Crippen molar-refractivity contribution in [1.29, 1.82) is 0 Å². The van der Waals surface area contributed by atoms with Gasteiger partial charge in [-0.3, -0.25) is 9.69 Å². The zero-order chi connectivity index (χ0) is 13.2. The smallest absolute Gasteiger partial charge is 0.225 e. The van der Waals surface area contributed by atoms with Crippen LogP contribution in [-0.4, -0.2) is 47.0 Å². The van der Waals surface area contributed by atoms with Crippen molar-refractivity contribution in [1.82, 2.24) is 15.0 Å². The Balaban J connectivity index is 1.53. The van der Waals surface area contributed by atoms with Gasteiger partial charge >= 0.3 is 0 Å². The Morgan fingerprint density at radius 2 is 2.21 bits per heavy atom. The number of aromatic nitrogens is 1. The van der Waals surface area contributed by atoms with Crippen LogP contribution in [0, 0.1) is 12.8 Å². The lowest BCUT2D eigenvalue weighted by atomic mass is 10.3. The molecule has 0 N–H and O–H groups in total. The third kappa shape index (κ3) is 3.15. The van der Waals surface area contributed by atoms with E-state index in [9.17, 15) is 4.79 Å². The number of hydrogen-bond acceptors (Lipinski definition) is 4. The van der Waals surface area contributed by atoms with Gasteiger partial charge in [-0.25, -0.2) is 0 Å². The van der Waals surface area contributed by atoms with E-state index in [1.807, 2.05) is 17.9 Å². The van der Waals surface area contributed by atoms with E-state index in [4.69, 9.17) is 4.52 Å². The fourth-order valence-corrected chi connectivity index (χ4v) is 2.66. The minimum absolute atomic E-state index is 0.338. The van der Waals surface area contributed by atoms with Crippen molar-refractivity contribution in [2.75, 3.05) is 26.2 Å². The zero-order valence-corrected chi connectivity index (χ0v) is 11.5. The third-order valence-corrected chi connectivity index (χ3v) is 3.89. The molecule has 104 valence electrons. The molecule has 3 rings (SSSR count). The van der Waals surface area contributed by atoms with E-state index in [2.05, 4.69) is 10.1 Å². The predicted molar refractivity (Wildman–Crippen MR) is 70.4 cm³/mol. The summed E-state index contributed by atoms with van der Waals surface area (Å²) in [6, 6.07) is 1.98. The molecule has 2 heterocycles. The Labute approximate surface area is 113 Å². The summed E-state index contributed by atoms with van der Waals surface area (Å²) < 4.78 is 5.10.